The molecule has 0 aliphatic heterocycles. The number of nitrogens with one attached hydrogen (secondary N) is 1. The Kier molecular flexibility index (Phi) is 15.8. The first-order chi connectivity index (χ1) is 25.7. The molecule has 2 heterocycles. The van der Waals surface area contributed by atoms with Crippen LogP contribution in [0.2, 0.25) is 10.0 Å². The van der Waals surface area contributed by atoms with Crippen molar-refractivity contribution in [2.75, 3.05) is 11.1 Å². The second-order valence-corrected chi connectivity index (χ2v) is 14.5. The fourth-order valence-electron chi connectivity index (χ4n) is 4.64. The third-order valence-corrected chi connectivity index (χ3v) is 9.81. The molecule has 0 spiro atoms. The van der Waals surface area contributed by atoms with Crippen LogP contribution in [0.1, 0.15) is 40.7 Å². The largest absolute Gasteiger partial charge is 1.00 e. The molecule has 0 radical (unpaired) electrons. The van der Waals surface area contributed by atoms with Crippen molar-refractivity contribution in [3.8, 4) is 22.3 Å². The highest BCUT2D eigenvalue weighted by atomic mass is 35.5. The lowest BCUT2D eigenvalue weighted by Gasteiger charge is -2.12. The molecule has 6 rings (SSSR count). The molecule has 0 saturated heterocycles. The number of nitrogens with zero attached hydrogens (tertiary/aromatic N) is 2. The van der Waals surface area contributed by atoms with Gasteiger partial charge in [-0.25, -0.2) is 18.7 Å². The first-order valence-corrected chi connectivity index (χ1v) is 17.9. The van der Waals surface area contributed by atoms with Gasteiger partial charge in [-0.3, -0.25) is 9.59 Å². The molecule has 296 valence electrons. The summed E-state index contributed by atoms with van der Waals surface area (Å²) in [7, 11) is 0. The zero-order valence-corrected chi connectivity index (χ0v) is 32.9. The first-order valence-electron chi connectivity index (χ1n) is 15.1. The van der Waals surface area contributed by atoms with E-state index in [2.05, 4.69) is 15.3 Å². The number of aryl methyl sites for hydroxylation is 2. The molecule has 0 fully saturated rings. The Morgan fingerprint density at radius 1 is 0.679 bits per heavy atom. The lowest BCUT2D eigenvalue weighted by atomic mass is 10.0. The molecule has 0 aliphatic rings. The molecule has 56 heavy (non-hydrogen) atoms. The molecule has 1 amide bonds. The number of amides is 1. The van der Waals surface area contributed by atoms with Crippen LogP contribution in [0.25, 0.3) is 22.3 Å². The van der Waals surface area contributed by atoms with Gasteiger partial charge in [0.1, 0.15) is 21.4 Å². The summed E-state index contributed by atoms with van der Waals surface area (Å²) in [5.74, 6) is -1.94. The summed E-state index contributed by atoms with van der Waals surface area (Å²) in [6.45, 7) is 2.77. The molecule has 0 atom stereocenters. The minimum atomic E-state index is -4.73. The summed E-state index contributed by atoms with van der Waals surface area (Å²) in [4.78, 5) is 28.6. The molecule has 6 aromatic rings. The number of rotatable bonds is 5. The molecular weight excluding hydrogens is 878 g/mol. The number of para-hydroxylation sites is 2. The van der Waals surface area contributed by atoms with Crippen LogP contribution in [0.4, 0.5) is 46.5 Å². The average molecular weight is 902 g/mol. The average Bonchev–Trinajstić information content (AvgIpc) is 3.72. The van der Waals surface area contributed by atoms with E-state index in [1.54, 1.807) is 36.4 Å². The number of benzene rings is 4. The van der Waals surface area contributed by atoms with Crippen molar-refractivity contribution < 1.29 is 57.1 Å². The van der Waals surface area contributed by atoms with Crippen molar-refractivity contribution in [3.63, 3.8) is 0 Å². The van der Waals surface area contributed by atoms with Gasteiger partial charge in [-0.15, -0.1) is 22.7 Å². The highest BCUT2D eigenvalue weighted by Gasteiger charge is 2.40. The van der Waals surface area contributed by atoms with Gasteiger partial charge in [0.2, 0.25) is 0 Å². The SMILES string of the molecule is Cc1nc(C(F)(F)F)c(C(=O)Cl)s1.Cc1nc(C(F)(F)F)c(C(=O)Nc2ccccc2-c2ccc(F)c(Cl)c2)s1.Nc1ccccc1-c1ccc(F)c(Cl)c1.[Cl-]. The number of alkyl halides is 6. The van der Waals surface area contributed by atoms with Gasteiger partial charge in [0.05, 0.1) is 20.1 Å². The Morgan fingerprint density at radius 3 is 1.55 bits per heavy atom. The van der Waals surface area contributed by atoms with Crippen LogP contribution in [0.5, 0.6) is 0 Å². The number of anilines is 2. The highest BCUT2D eigenvalue weighted by molar-refractivity contribution is 7.15. The minimum absolute atomic E-state index is 0. The van der Waals surface area contributed by atoms with Gasteiger partial charge in [0, 0.05) is 22.5 Å². The fourth-order valence-corrected chi connectivity index (χ4v) is 6.81. The van der Waals surface area contributed by atoms with E-state index in [1.165, 1.54) is 44.2 Å². The Morgan fingerprint density at radius 2 is 1.11 bits per heavy atom. The normalized spacial score (nSPS) is 11.0. The summed E-state index contributed by atoms with van der Waals surface area (Å²) in [6, 6.07) is 22.5. The fraction of sp³-hybridized carbons (Fsp3) is 0.111. The highest BCUT2D eigenvalue weighted by Crippen LogP contribution is 2.37. The standard InChI is InChI=1S/C18H11ClF4N2OS.C12H9ClFN.C6H3ClF3NOS.ClH/c1-9-24-16(18(21,22)23)15(27-9)17(26)25-14-5-3-2-4-11(14)10-6-7-13(20)12(19)8-10;13-10-7-8(5-6-11(10)14)9-3-1-2-4-12(9)15;1-2-11-4(6(8,9)10)3(13-2)5(7)12;/h2-8H,1H3,(H,25,26);1-7H,15H2;1H3;1H/p-1. The minimum Gasteiger partial charge on any atom is -1.00 e. The van der Waals surface area contributed by atoms with E-state index in [4.69, 9.17) is 40.5 Å². The van der Waals surface area contributed by atoms with Gasteiger partial charge >= 0.3 is 12.4 Å². The number of aromatic nitrogens is 2. The second-order valence-electron chi connectivity index (χ2n) is 10.9. The third-order valence-electron chi connectivity index (χ3n) is 6.99. The van der Waals surface area contributed by atoms with Crippen molar-refractivity contribution >= 4 is 80.0 Å². The number of halogens is 12. The molecule has 0 saturated carbocycles. The summed E-state index contributed by atoms with van der Waals surface area (Å²) < 4.78 is 102. The Balaban J connectivity index is 0.000000245. The van der Waals surface area contributed by atoms with Crippen LogP contribution in [0, 0.1) is 25.5 Å². The van der Waals surface area contributed by atoms with E-state index in [0.29, 0.717) is 39.5 Å². The van der Waals surface area contributed by atoms with Crippen LogP contribution in [-0.4, -0.2) is 21.1 Å². The van der Waals surface area contributed by atoms with Crippen molar-refractivity contribution in [2.24, 2.45) is 0 Å². The van der Waals surface area contributed by atoms with Crippen molar-refractivity contribution in [3.05, 3.63) is 138 Å². The maximum Gasteiger partial charge on any atom is 0.435 e. The van der Waals surface area contributed by atoms with Crippen molar-refractivity contribution in [2.45, 2.75) is 26.2 Å². The van der Waals surface area contributed by atoms with Gasteiger partial charge in [-0.1, -0.05) is 71.7 Å². The van der Waals surface area contributed by atoms with E-state index in [9.17, 15) is 44.7 Å². The lowest BCUT2D eigenvalue weighted by Crippen LogP contribution is -3.00. The molecule has 20 heteroatoms. The predicted molar refractivity (Wildman–Crippen MR) is 200 cm³/mol. The molecule has 2 aromatic heterocycles. The van der Waals surface area contributed by atoms with Crippen LogP contribution in [-0.2, 0) is 12.4 Å². The van der Waals surface area contributed by atoms with E-state index >= 15 is 0 Å². The molecule has 6 nitrogen and oxygen atoms in total. The quantitative estimate of drug-likeness (QED) is 0.102. The Hall–Kier alpha value is -4.32. The molecule has 0 unspecified atom stereocenters. The Bertz CT molecular complexity index is 2350. The van der Waals surface area contributed by atoms with Gasteiger partial charge in [0.15, 0.2) is 11.4 Å². The number of hydrogen-bond donors (Lipinski definition) is 2. The zero-order valence-electron chi connectivity index (χ0n) is 28.2. The van der Waals surface area contributed by atoms with Crippen LogP contribution < -0.4 is 23.5 Å². The van der Waals surface area contributed by atoms with E-state index in [0.717, 1.165) is 11.1 Å². The first kappa shape index (κ1) is 46.1. The molecule has 0 aliphatic carbocycles. The smallest absolute Gasteiger partial charge is 0.435 e. The topological polar surface area (TPSA) is 98.0 Å². The number of hydrogen-bond acceptors (Lipinski definition) is 7. The predicted octanol–water partition coefficient (Wildman–Crippen LogP) is 9.76. The van der Waals surface area contributed by atoms with Crippen LogP contribution in [0.3, 0.4) is 0 Å². The number of carbonyl (C=O) groups excluding carboxylic acids is 2. The van der Waals surface area contributed by atoms with E-state index < -0.39 is 56.3 Å². The lowest BCUT2D eigenvalue weighted by molar-refractivity contribution is -0.141. The van der Waals surface area contributed by atoms with Crippen molar-refractivity contribution in [1.82, 2.24) is 9.97 Å². The zero-order chi connectivity index (χ0) is 40.8. The summed E-state index contributed by atoms with van der Waals surface area (Å²) in [5.41, 5.74) is 6.98. The van der Waals surface area contributed by atoms with Gasteiger partial charge < -0.3 is 23.5 Å². The third kappa shape index (κ3) is 11.8. The molecule has 3 N–H and O–H groups in total. The van der Waals surface area contributed by atoms with E-state index in [1.807, 2.05) is 18.2 Å². The Labute approximate surface area is 342 Å². The van der Waals surface area contributed by atoms with Crippen LogP contribution >= 0.6 is 57.5 Å². The molecule has 0 bridgehead atoms. The van der Waals surface area contributed by atoms with Gasteiger partial charge in [-0.05, 0) is 73.0 Å². The number of nitrogen functional groups attached to an aromatic ring is 1. The number of thiazole rings is 2. The van der Waals surface area contributed by atoms with E-state index in [-0.39, 0.29) is 38.2 Å². The summed E-state index contributed by atoms with van der Waals surface area (Å²) in [5, 5.41) is 1.65. The summed E-state index contributed by atoms with van der Waals surface area (Å²) in [6.07, 6.45) is -9.36. The van der Waals surface area contributed by atoms with Gasteiger partial charge in [-0.2, -0.15) is 26.3 Å². The maximum absolute atomic E-state index is 13.4. The summed E-state index contributed by atoms with van der Waals surface area (Å²) >= 11 is 17.8. The van der Waals surface area contributed by atoms with Crippen LogP contribution in [0.15, 0.2) is 84.9 Å². The maximum atomic E-state index is 13.4. The van der Waals surface area contributed by atoms with Gasteiger partial charge in [0.25, 0.3) is 11.1 Å². The number of carbonyl (C=O) groups is 2. The van der Waals surface area contributed by atoms with Crippen molar-refractivity contribution in [1.29, 1.82) is 0 Å². The molecule has 4 aromatic carbocycles. The monoisotopic (exact) mass is 899 g/mol. The molecular formula is C36H23Cl4F8N4O2S2-. The number of nitrogens with two attached hydrogens (primary N) is 1. The second kappa shape index (κ2) is 19.2.